The fraction of sp³-hybridized carbons (Fsp3) is 0.300. The number of nitrogens with zero attached hydrogens (tertiary/aromatic N) is 4. The number of aliphatic imine (C=N–C) groups is 1. The number of H-pyrrole nitrogens is 1. The Bertz CT molecular complexity index is 948. The minimum atomic E-state index is 0.278. The van der Waals surface area contributed by atoms with E-state index in [2.05, 4.69) is 75.3 Å². The van der Waals surface area contributed by atoms with Gasteiger partial charge in [0.15, 0.2) is 0 Å². The highest BCUT2D eigenvalue weighted by Gasteiger charge is 2.27. The molecule has 1 aromatic carbocycles. The molecule has 6 heteroatoms. The SMILES string of the molecule is C=C1N(/C(C)=C2/C(=NC)CCN[C@H]2C)C=CN1c1ccc2[nH]ncc2c1. The lowest BCUT2D eigenvalue weighted by atomic mass is 9.94. The van der Waals surface area contributed by atoms with Crippen LogP contribution in [0.4, 0.5) is 5.69 Å². The topological polar surface area (TPSA) is 59.5 Å². The van der Waals surface area contributed by atoms with Crippen LogP contribution in [-0.2, 0) is 0 Å². The molecule has 0 bridgehead atoms. The smallest absolute Gasteiger partial charge is 0.114 e. The van der Waals surface area contributed by atoms with Gasteiger partial charge in [0.05, 0.1) is 11.7 Å². The van der Waals surface area contributed by atoms with Crippen LogP contribution >= 0.6 is 0 Å². The molecule has 4 rings (SSSR count). The normalized spacial score (nSPS) is 24.2. The van der Waals surface area contributed by atoms with Gasteiger partial charge >= 0.3 is 0 Å². The number of rotatable bonds is 2. The highest BCUT2D eigenvalue weighted by atomic mass is 15.4. The van der Waals surface area contributed by atoms with E-state index in [0.717, 1.165) is 35.4 Å². The molecule has 1 aromatic heterocycles. The molecule has 2 aliphatic heterocycles. The first-order chi connectivity index (χ1) is 12.6. The van der Waals surface area contributed by atoms with Crippen molar-refractivity contribution in [2.45, 2.75) is 26.3 Å². The Kier molecular flexibility index (Phi) is 4.12. The summed E-state index contributed by atoms with van der Waals surface area (Å²) in [6.07, 6.45) is 6.92. The summed E-state index contributed by atoms with van der Waals surface area (Å²) in [6, 6.07) is 6.51. The molecule has 0 unspecified atom stereocenters. The second kappa shape index (κ2) is 6.46. The van der Waals surface area contributed by atoms with Crippen LogP contribution in [0.15, 0.2) is 65.5 Å². The van der Waals surface area contributed by atoms with E-state index >= 15 is 0 Å². The summed E-state index contributed by atoms with van der Waals surface area (Å²) < 4.78 is 0. The van der Waals surface area contributed by atoms with Gasteiger partial charge in [-0.1, -0.05) is 6.58 Å². The molecule has 2 N–H and O–H groups in total. The van der Waals surface area contributed by atoms with E-state index < -0.39 is 0 Å². The van der Waals surface area contributed by atoms with E-state index in [1.807, 2.05) is 19.3 Å². The van der Waals surface area contributed by atoms with Crippen molar-refractivity contribution < 1.29 is 0 Å². The number of nitrogens with one attached hydrogen (secondary N) is 2. The van der Waals surface area contributed by atoms with E-state index in [9.17, 15) is 0 Å². The molecule has 1 saturated heterocycles. The van der Waals surface area contributed by atoms with Gasteiger partial charge in [-0.25, -0.2) is 0 Å². The number of allylic oxidation sites excluding steroid dienone is 1. The number of hydrogen-bond donors (Lipinski definition) is 2. The average molecular weight is 348 g/mol. The quantitative estimate of drug-likeness (QED) is 0.874. The minimum absolute atomic E-state index is 0.278. The highest BCUT2D eigenvalue weighted by molar-refractivity contribution is 6.02. The highest BCUT2D eigenvalue weighted by Crippen LogP contribution is 2.32. The average Bonchev–Trinajstić information content (AvgIpc) is 3.26. The molecule has 0 spiro atoms. The Balaban J connectivity index is 1.66. The molecule has 3 heterocycles. The molecule has 2 aromatic rings. The summed E-state index contributed by atoms with van der Waals surface area (Å²) in [5.74, 6) is 0.908. The van der Waals surface area contributed by atoms with Crippen molar-refractivity contribution in [3.8, 4) is 0 Å². The van der Waals surface area contributed by atoms with Crippen LogP contribution < -0.4 is 10.2 Å². The van der Waals surface area contributed by atoms with Gasteiger partial charge in [-0.3, -0.25) is 10.1 Å². The molecule has 0 amide bonds. The molecule has 1 atom stereocenters. The summed E-state index contributed by atoms with van der Waals surface area (Å²) in [6.45, 7) is 9.63. The molecule has 6 nitrogen and oxygen atoms in total. The first-order valence-corrected chi connectivity index (χ1v) is 8.89. The van der Waals surface area contributed by atoms with E-state index in [0.29, 0.717) is 0 Å². The fourth-order valence-electron chi connectivity index (χ4n) is 3.82. The predicted molar refractivity (Wildman–Crippen MR) is 107 cm³/mol. The summed E-state index contributed by atoms with van der Waals surface area (Å²) in [5.41, 5.74) is 5.70. The molecule has 26 heavy (non-hydrogen) atoms. The zero-order valence-corrected chi connectivity index (χ0v) is 15.5. The lowest BCUT2D eigenvalue weighted by molar-refractivity contribution is 0.547. The maximum Gasteiger partial charge on any atom is 0.114 e. The third-order valence-corrected chi connectivity index (χ3v) is 5.20. The fourth-order valence-corrected chi connectivity index (χ4v) is 3.82. The van der Waals surface area contributed by atoms with Crippen LogP contribution in [0.1, 0.15) is 20.3 Å². The molecule has 0 radical (unpaired) electrons. The molecule has 2 aliphatic rings. The Morgan fingerprint density at radius 2 is 2.19 bits per heavy atom. The standard InChI is InChI=1S/C20H24N6/c1-13-20(19(21-4)7-8-22-13)14(2)25-9-10-26(15(25)3)17-5-6-18-16(11-17)12-23-24-18/h5-6,9-13,22H,3,7-8H2,1-2,4H3,(H,23,24)/b20-14+,21-19?/t13-/m0/s1. The Morgan fingerprint density at radius 3 is 3.00 bits per heavy atom. The molecule has 1 fully saturated rings. The third-order valence-electron chi connectivity index (χ3n) is 5.20. The van der Waals surface area contributed by atoms with Gasteiger partial charge in [-0.15, -0.1) is 0 Å². The zero-order chi connectivity index (χ0) is 18.3. The maximum atomic E-state index is 4.52. The van der Waals surface area contributed by atoms with E-state index in [4.69, 9.17) is 0 Å². The van der Waals surface area contributed by atoms with Gasteiger partial charge in [0, 0.05) is 66.5 Å². The number of aromatic nitrogens is 2. The van der Waals surface area contributed by atoms with Crippen molar-refractivity contribution in [3.05, 3.63) is 60.5 Å². The Hall–Kier alpha value is -2.86. The number of fused-ring (bicyclic) bond motifs is 1. The number of anilines is 1. The van der Waals surface area contributed by atoms with Gasteiger partial charge in [-0.2, -0.15) is 5.10 Å². The van der Waals surface area contributed by atoms with Crippen LogP contribution in [0.3, 0.4) is 0 Å². The monoisotopic (exact) mass is 348 g/mol. The molecule has 134 valence electrons. The van der Waals surface area contributed by atoms with Gasteiger partial charge in [0.25, 0.3) is 0 Å². The first-order valence-electron chi connectivity index (χ1n) is 8.89. The largest absolute Gasteiger partial charge is 0.310 e. The van der Waals surface area contributed by atoms with Crippen LogP contribution in [0.2, 0.25) is 0 Å². The van der Waals surface area contributed by atoms with Crippen LogP contribution in [0.25, 0.3) is 10.9 Å². The molecule has 0 saturated carbocycles. The van der Waals surface area contributed by atoms with Crippen molar-refractivity contribution in [1.82, 2.24) is 20.4 Å². The number of benzene rings is 1. The minimum Gasteiger partial charge on any atom is -0.310 e. The lowest BCUT2D eigenvalue weighted by Gasteiger charge is -2.31. The molecular formula is C20H24N6. The van der Waals surface area contributed by atoms with Crippen molar-refractivity contribution in [1.29, 1.82) is 0 Å². The third kappa shape index (κ3) is 2.63. The van der Waals surface area contributed by atoms with Crippen molar-refractivity contribution in [2.75, 3.05) is 18.5 Å². The summed E-state index contributed by atoms with van der Waals surface area (Å²) in [7, 11) is 1.88. The Labute approximate surface area is 153 Å². The first kappa shape index (κ1) is 16.6. The summed E-state index contributed by atoms with van der Waals surface area (Å²) in [5, 5.41) is 11.7. The van der Waals surface area contributed by atoms with E-state index in [1.165, 1.54) is 17.0 Å². The zero-order valence-electron chi connectivity index (χ0n) is 15.5. The van der Waals surface area contributed by atoms with Crippen molar-refractivity contribution in [2.24, 2.45) is 4.99 Å². The summed E-state index contributed by atoms with van der Waals surface area (Å²) >= 11 is 0. The number of aromatic amines is 1. The predicted octanol–water partition coefficient (Wildman–Crippen LogP) is 3.35. The lowest BCUT2D eigenvalue weighted by Crippen LogP contribution is -2.40. The Morgan fingerprint density at radius 1 is 1.35 bits per heavy atom. The van der Waals surface area contributed by atoms with Gasteiger partial charge in [0.2, 0.25) is 0 Å². The molecule has 0 aliphatic carbocycles. The molecular weight excluding hydrogens is 324 g/mol. The van der Waals surface area contributed by atoms with Gasteiger partial charge in [0.1, 0.15) is 5.82 Å². The van der Waals surface area contributed by atoms with Crippen molar-refractivity contribution >= 4 is 22.3 Å². The van der Waals surface area contributed by atoms with E-state index in [-0.39, 0.29) is 6.04 Å². The van der Waals surface area contributed by atoms with Crippen molar-refractivity contribution in [3.63, 3.8) is 0 Å². The number of hydrogen-bond acceptors (Lipinski definition) is 5. The van der Waals surface area contributed by atoms with Crippen LogP contribution in [0.5, 0.6) is 0 Å². The maximum absolute atomic E-state index is 4.52. The summed E-state index contributed by atoms with van der Waals surface area (Å²) in [4.78, 5) is 8.76. The number of piperidine rings is 1. The van der Waals surface area contributed by atoms with Gasteiger partial charge < -0.3 is 15.1 Å². The van der Waals surface area contributed by atoms with E-state index in [1.54, 1.807) is 0 Å². The van der Waals surface area contributed by atoms with Crippen LogP contribution in [-0.4, -0.2) is 40.4 Å². The second-order valence-corrected chi connectivity index (χ2v) is 6.69. The second-order valence-electron chi connectivity index (χ2n) is 6.69. The van der Waals surface area contributed by atoms with Gasteiger partial charge in [-0.05, 0) is 32.0 Å². The van der Waals surface area contributed by atoms with Crippen LogP contribution in [0, 0.1) is 0 Å².